The molecule has 0 unspecified atom stereocenters. The largest absolute Gasteiger partial charge is 0.490 e. The molecule has 0 aromatic carbocycles. The lowest BCUT2D eigenvalue weighted by molar-refractivity contribution is 0.102. The molecule has 0 saturated heterocycles. The molecular weight excluding hydrogens is 226 g/mol. The SMILES string of the molecule is C=CC1=C(C=C)[C@H](CS(N)(=O)=O)C[C@@H](C)O1. The summed E-state index contributed by atoms with van der Waals surface area (Å²) in [5.41, 5.74) is 0.766. The normalized spacial score (nSPS) is 26.1. The van der Waals surface area contributed by atoms with Crippen LogP contribution in [-0.4, -0.2) is 20.3 Å². The van der Waals surface area contributed by atoms with Gasteiger partial charge in [0, 0.05) is 5.92 Å². The number of sulfonamides is 1. The predicted octanol–water partition coefficient (Wildman–Crippen LogP) is 1.33. The Morgan fingerprint density at radius 3 is 2.56 bits per heavy atom. The van der Waals surface area contributed by atoms with E-state index < -0.39 is 10.0 Å². The summed E-state index contributed by atoms with van der Waals surface area (Å²) in [6.07, 6.45) is 3.76. The Hall–Kier alpha value is -1.07. The summed E-state index contributed by atoms with van der Waals surface area (Å²) in [6, 6.07) is 0. The molecule has 1 aliphatic rings. The second-order valence-electron chi connectivity index (χ2n) is 3.92. The zero-order valence-electron chi connectivity index (χ0n) is 9.35. The van der Waals surface area contributed by atoms with Gasteiger partial charge in [0.1, 0.15) is 5.76 Å². The quantitative estimate of drug-likeness (QED) is 0.809. The van der Waals surface area contributed by atoms with Gasteiger partial charge in [-0.1, -0.05) is 19.2 Å². The summed E-state index contributed by atoms with van der Waals surface area (Å²) < 4.78 is 27.8. The van der Waals surface area contributed by atoms with Crippen LogP contribution in [0.4, 0.5) is 0 Å². The van der Waals surface area contributed by atoms with E-state index in [0.29, 0.717) is 12.2 Å². The van der Waals surface area contributed by atoms with Crippen LogP contribution in [-0.2, 0) is 14.8 Å². The molecule has 0 bridgehead atoms. The number of hydrogen-bond acceptors (Lipinski definition) is 3. The van der Waals surface area contributed by atoms with Crippen LogP contribution in [0.1, 0.15) is 13.3 Å². The maximum absolute atomic E-state index is 11.1. The standard InChI is InChI=1S/C11H17NO3S/c1-4-10-9(7-16(12,13)14)6-8(3)15-11(10)5-2/h4-5,8-9H,1-2,6-7H2,3H3,(H2,12,13,14)/t8-,9+/m1/s1. The van der Waals surface area contributed by atoms with E-state index in [9.17, 15) is 8.42 Å². The fourth-order valence-electron chi connectivity index (χ4n) is 1.93. The van der Waals surface area contributed by atoms with Gasteiger partial charge in [0.25, 0.3) is 0 Å². The summed E-state index contributed by atoms with van der Waals surface area (Å²) in [6.45, 7) is 9.19. The van der Waals surface area contributed by atoms with Crippen LogP contribution in [0.3, 0.4) is 0 Å². The minimum Gasteiger partial charge on any atom is -0.490 e. The van der Waals surface area contributed by atoms with E-state index >= 15 is 0 Å². The predicted molar refractivity (Wildman–Crippen MR) is 64.0 cm³/mol. The number of nitrogens with two attached hydrogens (primary N) is 1. The van der Waals surface area contributed by atoms with Crippen molar-refractivity contribution in [1.29, 1.82) is 0 Å². The van der Waals surface area contributed by atoms with Gasteiger partial charge in [-0.3, -0.25) is 0 Å². The van der Waals surface area contributed by atoms with Crippen LogP contribution in [0.15, 0.2) is 36.6 Å². The molecule has 2 atom stereocenters. The van der Waals surface area contributed by atoms with Crippen molar-refractivity contribution in [3.05, 3.63) is 36.6 Å². The third-order valence-electron chi connectivity index (χ3n) is 2.51. The van der Waals surface area contributed by atoms with Crippen LogP contribution in [0.5, 0.6) is 0 Å². The Kier molecular flexibility index (Phi) is 3.93. The second kappa shape index (κ2) is 4.84. The highest BCUT2D eigenvalue weighted by Gasteiger charge is 2.28. The van der Waals surface area contributed by atoms with Crippen LogP contribution in [0, 0.1) is 5.92 Å². The van der Waals surface area contributed by atoms with Gasteiger partial charge in [-0.05, 0) is 25.0 Å². The Morgan fingerprint density at radius 1 is 1.50 bits per heavy atom. The lowest BCUT2D eigenvalue weighted by atomic mass is 9.91. The Labute approximate surface area is 96.5 Å². The maximum Gasteiger partial charge on any atom is 0.209 e. The second-order valence-corrected chi connectivity index (χ2v) is 5.58. The average molecular weight is 243 g/mol. The third kappa shape index (κ3) is 3.21. The van der Waals surface area contributed by atoms with Crippen molar-refractivity contribution in [1.82, 2.24) is 0 Å². The highest BCUT2D eigenvalue weighted by Crippen LogP contribution is 2.31. The molecule has 0 aromatic heterocycles. The van der Waals surface area contributed by atoms with Crippen LogP contribution < -0.4 is 5.14 Å². The molecule has 0 saturated carbocycles. The van der Waals surface area contributed by atoms with Crippen molar-refractivity contribution >= 4 is 10.0 Å². The van der Waals surface area contributed by atoms with Gasteiger partial charge in [0.05, 0.1) is 11.9 Å². The Balaban J connectivity index is 3.06. The van der Waals surface area contributed by atoms with Gasteiger partial charge < -0.3 is 4.74 Å². The van der Waals surface area contributed by atoms with Gasteiger partial charge in [0.15, 0.2) is 0 Å². The fourth-order valence-corrected chi connectivity index (χ4v) is 2.81. The highest BCUT2D eigenvalue weighted by molar-refractivity contribution is 7.89. The van der Waals surface area contributed by atoms with E-state index in [2.05, 4.69) is 13.2 Å². The number of allylic oxidation sites excluding steroid dienone is 3. The number of ether oxygens (including phenoxy) is 1. The zero-order valence-corrected chi connectivity index (χ0v) is 10.2. The van der Waals surface area contributed by atoms with E-state index in [1.165, 1.54) is 0 Å². The number of rotatable bonds is 4. The van der Waals surface area contributed by atoms with E-state index in [1.54, 1.807) is 12.2 Å². The van der Waals surface area contributed by atoms with Crippen LogP contribution in [0.2, 0.25) is 0 Å². The first-order chi connectivity index (χ1) is 7.37. The molecule has 1 aliphatic heterocycles. The average Bonchev–Trinajstić information content (AvgIpc) is 2.14. The Bertz CT molecular complexity index is 423. The zero-order chi connectivity index (χ0) is 12.3. The molecule has 0 fully saturated rings. The molecule has 0 aliphatic carbocycles. The van der Waals surface area contributed by atoms with E-state index in [4.69, 9.17) is 9.88 Å². The Morgan fingerprint density at radius 2 is 2.12 bits per heavy atom. The van der Waals surface area contributed by atoms with Crippen molar-refractivity contribution in [2.45, 2.75) is 19.4 Å². The molecule has 90 valence electrons. The third-order valence-corrected chi connectivity index (χ3v) is 3.37. The van der Waals surface area contributed by atoms with Crippen molar-refractivity contribution in [2.75, 3.05) is 5.75 Å². The maximum atomic E-state index is 11.1. The lowest BCUT2D eigenvalue weighted by Gasteiger charge is -2.30. The number of hydrogen-bond donors (Lipinski definition) is 1. The first-order valence-electron chi connectivity index (χ1n) is 5.03. The van der Waals surface area contributed by atoms with Crippen LogP contribution >= 0.6 is 0 Å². The fraction of sp³-hybridized carbons (Fsp3) is 0.455. The van der Waals surface area contributed by atoms with Crippen molar-refractivity contribution in [3.63, 3.8) is 0 Å². The number of primary sulfonamides is 1. The van der Waals surface area contributed by atoms with Crippen LogP contribution in [0.25, 0.3) is 0 Å². The van der Waals surface area contributed by atoms with Crippen molar-refractivity contribution < 1.29 is 13.2 Å². The molecule has 1 heterocycles. The summed E-state index contributed by atoms with van der Waals surface area (Å²) in [5, 5.41) is 5.06. The minimum atomic E-state index is -3.49. The topological polar surface area (TPSA) is 69.4 Å². The molecule has 0 aromatic rings. The highest BCUT2D eigenvalue weighted by atomic mass is 32.2. The van der Waals surface area contributed by atoms with Gasteiger partial charge >= 0.3 is 0 Å². The molecular formula is C11H17NO3S. The van der Waals surface area contributed by atoms with E-state index in [-0.39, 0.29) is 17.8 Å². The molecule has 5 heteroatoms. The van der Waals surface area contributed by atoms with Gasteiger partial charge in [-0.2, -0.15) is 0 Å². The molecule has 1 rings (SSSR count). The van der Waals surface area contributed by atoms with E-state index in [0.717, 1.165) is 5.57 Å². The van der Waals surface area contributed by atoms with Gasteiger partial charge in [-0.25, -0.2) is 13.6 Å². The molecule has 16 heavy (non-hydrogen) atoms. The minimum absolute atomic E-state index is 0.0385. The van der Waals surface area contributed by atoms with E-state index in [1.807, 2.05) is 6.92 Å². The summed E-state index contributed by atoms with van der Waals surface area (Å²) in [5.74, 6) is 0.353. The molecule has 0 amide bonds. The summed E-state index contributed by atoms with van der Waals surface area (Å²) in [4.78, 5) is 0. The molecule has 0 radical (unpaired) electrons. The molecule has 4 nitrogen and oxygen atoms in total. The smallest absolute Gasteiger partial charge is 0.209 e. The monoisotopic (exact) mass is 243 g/mol. The molecule has 2 N–H and O–H groups in total. The van der Waals surface area contributed by atoms with Gasteiger partial charge in [0.2, 0.25) is 10.0 Å². The lowest BCUT2D eigenvalue weighted by Crippen LogP contribution is -2.30. The van der Waals surface area contributed by atoms with Crippen molar-refractivity contribution in [3.8, 4) is 0 Å². The van der Waals surface area contributed by atoms with Crippen molar-refractivity contribution in [2.24, 2.45) is 11.1 Å². The summed E-state index contributed by atoms with van der Waals surface area (Å²) in [7, 11) is -3.49. The first kappa shape index (κ1) is 13.0. The van der Waals surface area contributed by atoms with Gasteiger partial charge in [-0.15, -0.1) is 0 Å². The first-order valence-corrected chi connectivity index (χ1v) is 6.75. The summed E-state index contributed by atoms with van der Waals surface area (Å²) >= 11 is 0. The molecule has 0 spiro atoms.